The molecule has 0 bridgehead atoms. The summed E-state index contributed by atoms with van der Waals surface area (Å²) in [6, 6.07) is -5.25. The average molecular weight is 1940 g/mol. The van der Waals surface area contributed by atoms with Gasteiger partial charge >= 0.3 is 0 Å². The number of hydrogen-bond acceptors (Lipinski definition) is 46. The van der Waals surface area contributed by atoms with Crippen molar-refractivity contribution in [2.45, 2.75) is 324 Å². The van der Waals surface area contributed by atoms with Crippen LogP contribution in [-0.4, -0.2) is 426 Å². The normalized spacial score (nSPS) is 40.8. The third-order valence-electron chi connectivity index (χ3n) is 27.4. The van der Waals surface area contributed by atoms with Crippen LogP contribution in [0.2, 0.25) is 0 Å². The van der Waals surface area contributed by atoms with E-state index in [4.69, 9.17) is 131 Å². The number of ketones is 1. The molecule has 11 rings (SSSR count). The lowest BCUT2D eigenvalue weighted by molar-refractivity contribution is -0.308. The van der Waals surface area contributed by atoms with Crippen molar-refractivity contribution in [1.29, 1.82) is 0 Å². The van der Waals surface area contributed by atoms with E-state index in [1.807, 2.05) is 18.2 Å². The summed E-state index contributed by atoms with van der Waals surface area (Å²) in [5.74, 6) is -1.55. The molecule has 0 aromatic carbocycles. The van der Waals surface area contributed by atoms with Crippen LogP contribution in [0.4, 0.5) is 0 Å². The van der Waals surface area contributed by atoms with Gasteiger partial charge in [0.2, 0.25) is 30.7 Å². The first kappa shape index (κ1) is 114. The second-order valence-electron chi connectivity index (χ2n) is 38.5. The summed E-state index contributed by atoms with van der Waals surface area (Å²) in [5.41, 5.74) is 72.2. The minimum absolute atomic E-state index is 0.00407. The Morgan fingerprint density at radius 1 is 0.459 bits per heavy atom. The highest BCUT2D eigenvalue weighted by molar-refractivity contribution is 5.83. The molecule has 135 heavy (non-hydrogen) atoms. The molecule has 5 saturated carbocycles. The molecule has 0 spiro atoms. The predicted octanol–water partition coefficient (Wildman–Crippen LogP) is -12.5. The zero-order valence-electron chi connectivity index (χ0n) is 78.5. The fourth-order valence-electron chi connectivity index (χ4n) is 19.8. The number of carbonyl (C=O) groups excluding carboxylic acids is 3. The first-order chi connectivity index (χ1) is 64.0. The van der Waals surface area contributed by atoms with Crippen LogP contribution in [0, 0.1) is 29.6 Å². The molecule has 8 fully saturated rings. The number of nitrogens with zero attached hydrogens (tertiary/aromatic N) is 3. The molecule has 780 valence electrons. The van der Waals surface area contributed by atoms with Crippen molar-refractivity contribution < 1.29 is 138 Å². The van der Waals surface area contributed by atoms with Crippen molar-refractivity contribution in [3.8, 4) is 0 Å². The van der Waals surface area contributed by atoms with E-state index < -0.39 is 218 Å². The zero-order chi connectivity index (χ0) is 99.3. The van der Waals surface area contributed by atoms with Gasteiger partial charge in [0.05, 0.1) is 113 Å². The average Bonchev–Trinajstić information content (AvgIpc) is 0.777. The number of Topliss-reactive ketones (excluding diaryl/α,β-unsaturated/α-hetero) is 1. The van der Waals surface area contributed by atoms with Gasteiger partial charge in [-0.2, -0.15) is 0 Å². The molecule has 6 heterocycles. The predicted molar refractivity (Wildman–Crippen MR) is 485 cm³/mol. The highest BCUT2D eigenvalue weighted by Crippen LogP contribution is 2.42. The number of aliphatic hydroxyl groups excluding tert-OH is 8. The number of ether oxygens (including phenoxy) is 12. The molecule has 0 aromatic rings. The third kappa shape index (κ3) is 30.7. The molecule has 0 aromatic heterocycles. The van der Waals surface area contributed by atoms with Gasteiger partial charge in [-0.15, -0.1) is 0 Å². The Labute approximate surface area is 787 Å². The molecule has 2 amide bonds. The van der Waals surface area contributed by atoms with Crippen LogP contribution in [0.15, 0.2) is 40.5 Å². The maximum atomic E-state index is 13.1. The third-order valence-corrected chi connectivity index (χ3v) is 27.4. The zero-order valence-corrected chi connectivity index (χ0v) is 78.5. The largest absolute Gasteiger partial charge is 0.467 e. The number of carbonyl (C=O) groups is 3. The molecule has 0 radical (unpaired) electrons. The number of aliphatic imine (C=N–C) groups is 1. The van der Waals surface area contributed by atoms with E-state index in [1.165, 1.54) is 20.8 Å². The maximum absolute atomic E-state index is 13.1. The summed E-state index contributed by atoms with van der Waals surface area (Å²) >= 11 is 0. The fraction of sp³-hybridized carbons (Fsp3) is 0.882. The molecule has 50 nitrogen and oxygen atoms in total. The number of hydrogen-bond donors (Lipinski definition) is 32. The van der Waals surface area contributed by atoms with Gasteiger partial charge in [0, 0.05) is 82.1 Å². The van der Waals surface area contributed by atoms with Crippen molar-refractivity contribution in [3.63, 3.8) is 0 Å². The summed E-state index contributed by atoms with van der Waals surface area (Å²) in [7, 11) is 4.76. The number of amides is 2. The molecule has 4 unspecified atom stereocenters. The second kappa shape index (κ2) is 52.8. The Bertz CT molecular complexity index is 3590. The molecular weight excluding hydrogens is 1780 g/mol. The highest BCUT2D eigenvalue weighted by Gasteiger charge is 2.57. The van der Waals surface area contributed by atoms with Crippen LogP contribution in [0.25, 0.3) is 0 Å². The van der Waals surface area contributed by atoms with Crippen molar-refractivity contribution >= 4 is 23.6 Å². The van der Waals surface area contributed by atoms with E-state index >= 15 is 0 Å². The Hall–Kier alpha value is -5.06. The molecule has 6 aliphatic heterocycles. The Balaban J connectivity index is 0.000000227. The Morgan fingerprint density at radius 3 is 1.07 bits per heavy atom. The minimum atomic E-state index is -1.44. The van der Waals surface area contributed by atoms with Crippen LogP contribution < -0.4 is 106 Å². The molecule has 3 saturated heterocycles. The van der Waals surface area contributed by atoms with Crippen molar-refractivity contribution in [2.24, 2.45) is 109 Å². The van der Waals surface area contributed by atoms with Crippen LogP contribution in [0.5, 0.6) is 0 Å². The SMILES string of the molecule is CN[C@@H]1[C@@H](O)[C@@H](O[C@H]2[C@H](CC(=O)N(O)CCN)C[C@H](N)C(O[C@H]3OC(CN)=CC[C@H]3NCC(O)CCN)[C@@H]2O)OC[C@]1(C)O.CN[C@@H]1[C@@H](O)[C@@H](O[C@H]2[C@H](CC(=O)N(O)CCN)C[C@H](N)C(O[C@H]3OC(CN)=CC[C@H]3NCC3CC(N)C3)[C@@H]2O)OC[C@]1(C)O.CN[C@@H]1[C@@H](O)[C@@H](O[C@H]2[C@H](CC(=O)[C@@H](O)CCN=C(N)N)C[C@H](N)C(O[C@H]3OC(CN)=CC[C@H]3NCC3CC(N)C3)[C@@H]2O)OC[C@]1(C)O. The van der Waals surface area contributed by atoms with E-state index in [2.05, 4.69) is 36.9 Å². The van der Waals surface area contributed by atoms with E-state index in [0.29, 0.717) is 71.5 Å². The topological polar surface area (TPSA) is 854 Å². The molecule has 11 aliphatic rings. The second-order valence-corrected chi connectivity index (χ2v) is 38.5. The molecule has 50 heteroatoms. The van der Waals surface area contributed by atoms with Gasteiger partial charge in [-0.25, -0.2) is 10.1 Å². The van der Waals surface area contributed by atoms with Gasteiger partial charge in [-0.1, -0.05) is 0 Å². The number of likely N-dealkylation sites (N-methyl/N-ethyl adjacent to an activating group) is 3. The lowest BCUT2D eigenvalue weighted by Crippen LogP contribution is -2.67. The fourth-order valence-corrected chi connectivity index (χ4v) is 19.8. The van der Waals surface area contributed by atoms with E-state index in [1.54, 1.807) is 21.1 Å². The van der Waals surface area contributed by atoms with Gasteiger partial charge in [0.1, 0.15) is 95.1 Å². The van der Waals surface area contributed by atoms with Crippen LogP contribution in [-0.2, 0) is 71.2 Å². The number of guanidine groups is 1. The van der Waals surface area contributed by atoms with Gasteiger partial charge in [-0.3, -0.25) is 29.8 Å². The summed E-state index contributed by atoms with van der Waals surface area (Å²) in [6.07, 6.45) is -11.9. The van der Waals surface area contributed by atoms with E-state index in [-0.39, 0.29) is 154 Å². The summed E-state index contributed by atoms with van der Waals surface area (Å²) in [6.45, 7) is 6.49. The Morgan fingerprint density at radius 2 is 0.778 bits per heavy atom. The lowest BCUT2D eigenvalue weighted by Gasteiger charge is -2.49. The summed E-state index contributed by atoms with van der Waals surface area (Å²) < 4.78 is 72.9. The van der Waals surface area contributed by atoms with Gasteiger partial charge in [-0.05, 0) is 180 Å². The van der Waals surface area contributed by atoms with E-state index in [9.17, 15) is 81.0 Å². The number of hydroxylamine groups is 4. The van der Waals surface area contributed by atoms with Gasteiger partial charge < -0.3 is 219 Å². The number of nitrogens with one attached hydrogen (secondary N) is 6. The van der Waals surface area contributed by atoms with Gasteiger partial charge in [0.15, 0.2) is 30.6 Å². The number of rotatable bonds is 43. The van der Waals surface area contributed by atoms with Crippen molar-refractivity contribution in [3.05, 3.63) is 35.5 Å². The maximum Gasteiger partial charge on any atom is 0.246 e. The number of nitrogens with two attached hydrogens (primary N) is 13. The van der Waals surface area contributed by atoms with Crippen molar-refractivity contribution in [2.75, 3.05) is 120 Å². The lowest BCUT2D eigenvalue weighted by atomic mass is 9.76. The van der Waals surface area contributed by atoms with Crippen molar-refractivity contribution in [1.82, 2.24) is 42.0 Å². The minimum Gasteiger partial charge on any atom is -0.467 e. The standard InChI is InChI=1S/C30H56N8O9.C28H53N7O9.C27H53N7O10/c1-30(43)13-44-28(23(42)26(30)36-2)46-24-15(10-21(40)20(39)5-6-37-29(34)35)9-18(33)25(22(24)41)47-27-19(4-3-17(11-31)45-27)38-12-14-7-16(32)8-14;1-28(39)13-41-27(22(38)25(28)33-2)43-23-15(10-20(36)35(40)6-5-29)9-18(32)24(21(23)37)44-26-19(4-3-17(11-30)42-26)34-12-14-7-16(31)8-14;1-27(39)13-41-26(21(38)24(27)32-2)43-22-14(10-19(36)34(40)8-7-29)9-17(31)23(20(22)37)44-25-18(4-3-16(11-30)42-25)33-12-15(35)5-6-28/h3,14-16,18-20,22-28,36,38-39,41-43H,4-13,31-33H2,1-2H3,(H4,34,35,37);3,14-16,18-19,21-27,33-34,37-40H,4-13,29-32H2,1-2H3;3,14-15,17-18,20-26,32-33,35,37-40H,4-13,28-31H2,1-2H3/t14?,15-,16?,18-,19+,20-,22+,23+,24-,25?,26+,27+,28+,30-;14?,15-,16?,18-,19+,21+,22+,23-,24?,25+,26+,27+,28-;14-,15?,17-,18+,20+,21+,22-,23?,24+,25+,26+,27-/m000/s1. The van der Waals surface area contributed by atoms with Crippen LogP contribution in [0.3, 0.4) is 0 Å². The highest BCUT2D eigenvalue weighted by atomic mass is 16.7. The summed E-state index contributed by atoms with van der Waals surface area (Å²) in [5, 5.41) is 161. The number of aliphatic hydroxyl groups is 11. The Kier molecular flexibility index (Phi) is 44.4. The molecule has 35 atom stereocenters. The molecular formula is C85H162N22O28. The van der Waals surface area contributed by atoms with Crippen LogP contribution in [0.1, 0.15) is 117 Å². The molecule has 5 aliphatic carbocycles. The summed E-state index contributed by atoms with van der Waals surface area (Å²) in [4.78, 5) is 42.6. The van der Waals surface area contributed by atoms with Gasteiger partial charge in [0.25, 0.3) is 0 Å². The first-order valence-corrected chi connectivity index (χ1v) is 47.2. The first-order valence-electron chi connectivity index (χ1n) is 47.2. The quantitative estimate of drug-likeness (QED) is 0.0117. The van der Waals surface area contributed by atoms with Crippen LogP contribution >= 0.6 is 0 Å². The monoisotopic (exact) mass is 1940 g/mol. The molecule has 45 N–H and O–H groups in total. The smallest absolute Gasteiger partial charge is 0.246 e. The van der Waals surface area contributed by atoms with E-state index in [0.717, 1.165) is 38.8 Å².